The second-order valence-corrected chi connectivity index (χ2v) is 7.00. The van der Waals surface area contributed by atoms with E-state index in [1.807, 2.05) is 0 Å². The number of ether oxygens (including phenoxy) is 1. The van der Waals surface area contributed by atoms with Gasteiger partial charge >= 0.3 is 0 Å². The molecule has 2 aromatic heterocycles. The maximum Gasteiger partial charge on any atom is 0.272 e. The van der Waals surface area contributed by atoms with Gasteiger partial charge in [0.1, 0.15) is 18.1 Å². The smallest absolute Gasteiger partial charge is 0.272 e. The lowest BCUT2D eigenvalue weighted by molar-refractivity contribution is 0.0169. The molecule has 0 saturated heterocycles. The van der Waals surface area contributed by atoms with Crippen LogP contribution in [0.4, 0.5) is 13.2 Å². The Morgan fingerprint density at radius 1 is 1.23 bits per heavy atom. The van der Waals surface area contributed by atoms with Crippen molar-refractivity contribution in [3.8, 4) is 11.6 Å². The van der Waals surface area contributed by atoms with Gasteiger partial charge < -0.3 is 9.64 Å². The van der Waals surface area contributed by atoms with Crippen molar-refractivity contribution in [3.05, 3.63) is 65.9 Å². The van der Waals surface area contributed by atoms with Crippen LogP contribution in [0.3, 0.4) is 0 Å². The van der Waals surface area contributed by atoms with Gasteiger partial charge in [0.05, 0.1) is 24.0 Å². The first-order valence-corrected chi connectivity index (χ1v) is 9.65. The largest absolute Gasteiger partial charge is 0.475 e. The second kappa shape index (κ2) is 9.15. The first-order chi connectivity index (χ1) is 14.7. The summed E-state index contributed by atoms with van der Waals surface area (Å²) in [5.74, 6) is -3.68. The molecule has 0 saturated carbocycles. The number of benzene rings is 1. The minimum absolute atomic E-state index is 0.0883. The van der Waals surface area contributed by atoms with Crippen LogP contribution in [0.15, 0.2) is 48.9 Å². The summed E-state index contributed by atoms with van der Waals surface area (Å²) in [7, 11) is 0. The highest BCUT2D eigenvalue weighted by Gasteiger charge is 2.26. The number of alkyl halides is 2. The Morgan fingerprint density at radius 3 is 2.52 bits per heavy atom. The summed E-state index contributed by atoms with van der Waals surface area (Å²) in [6, 6.07) is 6.01. The average Bonchev–Trinajstić information content (AvgIpc) is 3.27. The van der Waals surface area contributed by atoms with Crippen LogP contribution in [0.25, 0.3) is 5.69 Å². The predicted octanol–water partition coefficient (Wildman–Crippen LogP) is 3.84. The SMILES string of the molecule is CCN(C(=O)c1ccc(F)cc1-n1nccn1)[C@@H](C)COc1ccc(C(C)(F)F)cn1. The van der Waals surface area contributed by atoms with Gasteiger partial charge in [-0.1, -0.05) is 0 Å². The molecule has 0 aliphatic carbocycles. The summed E-state index contributed by atoms with van der Waals surface area (Å²) >= 11 is 0. The first kappa shape index (κ1) is 22.3. The third-order valence-corrected chi connectivity index (χ3v) is 4.67. The Morgan fingerprint density at radius 2 is 1.94 bits per heavy atom. The van der Waals surface area contributed by atoms with Crippen LogP contribution in [0, 0.1) is 5.82 Å². The second-order valence-electron chi connectivity index (χ2n) is 7.00. The Labute approximate surface area is 177 Å². The maximum atomic E-state index is 13.8. The molecule has 7 nitrogen and oxygen atoms in total. The molecule has 3 aromatic rings. The number of carbonyl (C=O) groups is 1. The van der Waals surface area contributed by atoms with Crippen molar-refractivity contribution in [2.45, 2.75) is 32.7 Å². The maximum absolute atomic E-state index is 13.8. The van der Waals surface area contributed by atoms with Crippen molar-refractivity contribution in [2.24, 2.45) is 0 Å². The van der Waals surface area contributed by atoms with Crippen molar-refractivity contribution in [1.29, 1.82) is 0 Å². The number of hydrogen-bond donors (Lipinski definition) is 0. The van der Waals surface area contributed by atoms with Gasteiger partial charge in [0.15, 0.2) is 0 Å². The number of likely N-dealkylation sites (N-methyl/N-ethyl adjacent to an activating group) is 1. The van der Waals surface area contributed by atoms with E-state index < -0.39 is 11.7 Å². The standard InChI is InChI=1S/C21H22F3N5O2/c1-4-28(14(2)13-31-19-8-5-15(12-25-19)21(3,23)24)20(30)17-7-6-16(22)11-18(17)29-26-9-10-27-29/h5-12,14H,4,13H2,1-3H3/t14-/m0/s1. The molecule has 0 N–H and O–H groups in total. The molecule has 0 radical (unpaired) electrons. The van der Waals surface area contributed by atoms with Gasteiger partial charge in [-0.05, 0) is 32.0 Å². The zero-order valence-corrected chi connectivity index (χ0v) is 17.3. The number of halogens is 3. The highest BCUT2D eigenvalue weighted by Crippen LogP contribution is 2.27. The molecule has 31 heavy (non-hydrogen) atoms. The van der Waals surface area contributed by atoms with Gasteiger partial charge in [0.25, 0.3) is 11.8 Å². The van der Waals surface area contributed by atoms with Gasteiger partial charge in [0, 0.05) is 37.4 Å². The third-order valence-electron chi connectivity index (χ3n) is 4.67. The molecule has 0 aliphatic heterocycles. The molecular formula is C21H22F3N5O2. The van der Waals surface area contributed by atoms with Gasteiger partial charge in [-0.2, -0.15) is 15.0 Å². The zero-order chi connectivity index (χ0) is 22.6. The van der Waals surface area contributed by atoms with Crippen LogP contribution in [0.5, 0.6) is 5.88 Å². The van der Waals surface area contributed by atoms with Crippen molar-refractivity contribution < 1.29 is 22.7 Å². The van der Waals surface area contributed by atoms with Crippen LogP contribution in [0.1, 0.15) is 36.7 Å². The number of amides is 1. The fourth-order valence-electron chi connectivity index (χ4n) is 3.02. The summed E-state index contributed by atoms with van der Waals surface area (Å²) in [6.45, 7) is 4.83. The monoisotopic (exact) mass is 433 g/mol. The number of rotatable bonds is 8. The summed E-state index contributed by atoms with van der Waals surface area (Å²) in [5, 5.41) is 7.97. The van der Waals surface area contributed by atoms with Crippen molar-refractivity contribution in [1.82, 2.24) is 24.9 Å². The van der Waals surface area contributed by atoms with E-state index in [1.165, 1.54) is 47.5 Å². The van der Waals surface area contributed by atoms with E-state index in [0.29, 0.717) is 6.54 Å². The molecule has 1 atom stereocenters. The van der Waals surface area contributed by atoms with Gasteiger partial charge in [-0.25, -0.2) is 18.2 Å². The first-order valence-electron chi connectivity index (χ1n) is 9.65. The highest BCUT2D eigenvalue weighted by molar-refractivity contribution is 5.97. The Balaban J connectivity index is 1.74. The fourth-order valence-corrected chi connectivity index (χ4v) is 3.02. The Bertz CT molecular complexity index is 1020. The number of carbonyl (C=O) groups excluding carboxylic acids is 1. The predicted molar refractivity (Wildman–Crippen MR) is 107 cm³/mol. The molecule has 2 heterocycles. The topological polar surface area (TPSA) is 73.1 Å². The zero-order valence-electron chi connectivity index (χ0n) is 17.3. The summed E-state index contributed by atoms with van der Waals surface area (Å²) < 4.78 is 46.0. The molecular weight excluding hydrogens is 411 g/mol. The minimum Gasteiger partial charge on any atom is -0.475 e. The molecule has 1 aromatic carbocycles. The molecule has 164 valence electrons. The van der Waals surface area contributed by atoms with Gasteiger partial charge in [-0.3, -0.25) is 4.79 Å². The van der Waals surface area contributed by atoms with Crippen LogP contribution in [-0.2, 0) is 5.92 Å². The van der Waals surface area contributed by atoms with Gasteiger partial charge in [-0.15, -0.1) is 0 Å². The molecule has 3 rings (SSSR count). The van der Waals surface area contributed by atoms with Crippen LogP contribution in [-0.4, -0.2) is 50.0 Å². The quantitative estimate of drug-likeness (QED) is 0.540. The molecule has 0 aliphatic rings. The summed E-state index contributed by atoms with van der Waals surface area (Å²) in [5.41, 5.74) is 0.243. The average molecular weight is 433 g/mol. The lowest BCUT2D eigenvalue weighted by atomic mass is 10.1. The van der Waals surface area contributed by atoms with E-state index >= 15 is 0 Å². The van der Waals surface area contributed by atoms with Crippen molar-refractivity contribution in [3.63, 3.8) is 0 Å². The normalized spacial score (nSPS) is 12.5. The van der Waals surface area contributed by atoms with E-state index in [-0.39, 0.29) is 41.3 Å². The fraction of sp³-hybridized carbons (Fsp3) is 0.333. The Kier molecular flexibility index (Phi) is 6.57. The van der Waals surface area contributed by atoms with Crippen LogP contribution < -0.4 is 4.74 Å². The third kappa shape index (κ3) is 5.19. The van der Waals surface area contributed by atoms with Crippen LogP contribution >= 0.6 is 0 Å². The van der Waals surface area contributed by atoms with E-state index in [9.17, 15) is 18.0 Å². The Hall–Kier alpha value is -3.43. The van der Waals surface area contributed by atoms with E-state index in [4.69, 9.17) is 4.74 Å². The molecule has 0 fully saturated rings. The number of aromatic nitrogens is 4. The van der Waals surface area contributed by atoms with Crippen molar-refractivity contribution >= 4 is 5.91 Å². The highest BCUT2D eigenvalue weighted by atomic mass is 19.3. The number of pyridine rings is 1. The molecule has 0 unspecified atom stereocenters. The molecule has 10 heteroatoms. The minimum atomic E-state index is -2.99. The number of hydrogen-bond acceptors (Lipinski definition) is 5. The summed E-state index contributed by atoms with van der Waals surface area (Å²) in [4.78, 5) is 19.8. The van der Waals surface area contributed by atoms with E-state index in [1.54, 1.807) is 18.7 Å². The molecule has 1 amide bonds. The van der Waals surface area contributed by atoms with E-state index in [2.05, 4.69) is 15.2 Å². The van der Waals surface area contributed by atoms with Crippen molar-refractivity contribution in [2.75, 3.05) is 13.2 Å². The summed E-state index contributed by atoms with van der Waals surface area (Å²) in [6.07, 6.45) is 3.92. The van der Waals surface area contributed by atoms with Gasteiger partial charge in [0.2, 0.25) is 5.88 Å². The van der Waals surface area contributed by atoms with E-state index in [0.717, 1.165) is 13.1 Å². The molecule has 0 spiro atoms. The lowest BCUT2D eigenvalue weighted by Crippen LogP contribution is -2.42. The lowest BCUT2D eigenvalue weighted by Gasteiger charge is -2.28. The number of nitrogens with zero attached hydrogens (tertiary/aromatic N) is 5. The van der Waals surface area contributed by atoms with Crippen LogP contribution in [0.2, 0.25) is 0 Å². The molecule has 0 bridgehead atoms.